The first-order valence-corrected chi connectivity index (χ1v) is 15.3. The summed E-state index contributed by atoms with van der Waals surface area (Å²) in [6.07, 6.45) is -2.40. The van der Waals surface area contributed by atoms with Crippen molar-refractivity contribution in [2.75, 3.05) is 23.0 Å². The molecule has 4 nitrogen and oxygen atoms in total. The maximum Gasteiger partial charge on any atom is 0.416 e. The zero-order chi connectivity index (χ0) is 25.7. The largest absolute Gasteiger partial charge is 0.416 e. The second-order valence-corrected chi connectivity index (χ2v) is 14.6. The number of benzene rings is 2. The highest BCUT2D eigenvalue weighted by atomic mass is 35.5. The molecule has 1 unspecified atom stereocenters. The number of hydrogen-bond acceptors (Lipinski definition) is 3. The maximum absolute atomic E-state index is 13.6. The van der Waals surface area contributed by atoms with Gasteiger partial charge in [-0.15, -0.1) is 0 Å². The number of hydrogen-bond donors (Lipinski definition) is 1. The molecule has 10 heteroatoms. The van der Waals surface area contributed by atoms with Gasteiger partial charge in [0.05, 0.1) is 33.0 Å². The lowest BCUT2D eigenvalue weighted by Crippen LogP contribution is -2.36. The van der Waals surface area contributed by atoms with Crippen LogP contribution in [-0.4, -0.2) is 23.7 Å². The molecule has 1 fully saturated rings. The molecule has 1 saturated heterocycles. The first kappa shape index (κ1) is 25.6. The van der Waals surface area contributed by atoms with E-state index in [-0.39, 0.29) is 16.1 Å². The number of anilines is 2. The minimum atomic E-state index is -4.49. The highest BCUT2D eigenvalue weighted by Crippen LogP contribution is 2.67. The molecule has 1 aliphatic carbocycles. The highest BCUT2D eigenvalue weighted by molar-refractivity contribution is 8.18. The third-order valence-electron chi connectivity index (χ3n) is 6.91. The Morgan fingerprint density at radius 1 is 1.03 bits per heavy atom. The number of likely N-dealkylation sites (tertiary alicyclic amines) is 1. The van der Waals surface area contributed by atoms with Crippen LogP contribution >= 0.6 is 17.9 Å². The van der Waals surface area contributed by atoms with Crippen LogP contribution in [0.5, 0.6) is 0 Å². The molecule has 0 radical (unpaired) electrons. The Bertz CT molecular complexity index is 1270. The Morgan fingerprint density at radius 3 is 2.39 bits per heavy atom. The minimum absolute atomic E-state index is 0.00415. The number of para-hydroxylation sites is 1. The van der Waals surface area contributed by atoms with Crippen LogP contribution in [0.1, 0.15) is 51.5 Å². The molecule has 0 amide bonds. The Morgan fingerprint density at radius 2 is 1.72 bits per heavy atom. The van der Waals surface area contributed by atoms with Gasteiger partial charge < -0.3 is 9.99 Å². The summed E-state index contributed by atoms with van der Waals surface area (Å²) in [4.78, 5) is 2.43. The summed E-state index contributed by atoms with van der Waals surface area (Å²) in [5.41, 5.74) is 2.33. The molecule has 1 atom stereocenters. The van der Waals surface area contributed by atoms with E-state index in [0.717, 1.165) is 67.6 Å². The van der Waals surface area contributed by atoms with Crippen molar-refractivity contribution in [2.45, 2.75) is 52.1 Å². The monoisotopic (exact) mass is 552 g/mol. The molecule has 2 aromatic rings. The van der Waals surface area contributed by atoms with E-state index in [9.17, 15) is 13.2 Å². The maximum atomic E-state index is 13.6. The van der Waals surface area contributed by atoms with Gasteiger partial charge in [0, 0.05) is 18.8 Å². The quantitative estimate of drug-likeness (QED) is 0.385. The zero-order valence-electron chi connectivity index (χ0n) is 20.3. The van der Waals surface area contributed by atoms with Gasteiger partial charge in [-0.3, -0.25) is 0 Å². The summed E-state index contributed by atoms with van der Waals surface area (Å²) in [6, 6.07) is 13.0. The van der Waals surface area contributed by atoms with E-state index >= 15 is 0 Å². The number of fused-ring (bicyclic) bond motifs is 1. The Balaban J connectivity index is 1.69. The molecule has 0 saturated carbocycles. The van der Waals surface area contributed by atoms with Crippen molar-refractivity contribution in [1.82, 2.24) is 4.90 Å². The zero-order valence-corrected chi connectivity index (χ0v) is 22.7. The van der Waals surface area contributed by atoms with Crippen molar-refractivity contribution in [3.05, 3.63) is 70.1 Å². The number of alkyl halides is 3. The molecule has 0 spiro atoms. The number of nitrogens with zero attached hydrogens (tertiary/aromatic N) is 3. The molecule has 5 rings (SSSR count). The van der Waals surface area contributed by atoms with E-state index in [1.54, 1.807) is 0 Å². The molecule has 0 bridgehead atoms. The third-order valence-corrected chi connectivity index (χ3v) is 11.1. The first-order chi connectivity index (χ1) is 17.0. The number of allylic oxidation sites excluding steroid dienone is 2. The fourth-order valence-electron chi connectivity index (χ4n) is 5.27. The molecule has 0 aromatic heterocycles. The minimum Gasteiger partial charge on any atom is -0.374 e. The van der Waals surface area contributed by atoms with Crippen molar-refractivity contribution in [2.24, 2.45) is 10.5 Å². The van der Waals surface area contributed by atoms with Crippen LogP contribution in [0.3, 0.4) is 0 Å². The number of halogens is 4. The van der Waals surface area contributed by atoms with Gasteiger partial charge in [0.1, 0.15) is 0 Å². The van der Waals surface area contributed by atoms with Gasteiger partial charge in [0.15, 0.2) is 6.34 Å². The summed E-state index contributed by atoms with van der Waals surface area (Å²) >= 11 is 12.9. The predicted molar refractivity (Wildman–Crippen MR) is 146 cm³/mol. The van der Waals surface area contributed by atoms with E-state index in [4.69, 9.17) is 28.5 Å². The van der Waals surface area contributed by atoms with Gasteiger partial charge in [0.25, 0.3) is 0 Å². The lowest BCUT2D eigenvalue weighted by molar-refractivity contribution is -0.137. The van der Waals surface area contributed by atoms with E-state index in [0.29, 0.717) is 0 Å². The topological polar surface area (TPSA) is 30.9 Å². The highest BCUT2D eigenvalue weighted by Gasteiger charge is 2.48. The summed E-state index contributed by atoms with van der Waals surface area (Å²) in [5, 5.41) is 9.60. The molecule has 2 aliphatic heterocycles. The molecule has 192 valence electrons. The summed E-state index contributed by atoms with van der Waals surface area (Å²) in [6.45, 7) is 6.38. The smallest absolute Gasteiger partial charge is 0.374 e. The average Bonchev–Trinajstić information content (AvgIpc) is 3.11. The van der Waals surface area contributed by atoms with Crippen LogP contribution < -0.4 is 9.87 Å². The molecule has 1 N–H and O–H groups in total. The second kappa shape index (κ2) is 9.38. The number of hydrazone groups is 1. The predicted octanol–water partition coefficient (Wildman–Crippen LogP) is 8.47. The molecule has 2 heterocycles. The van der Waals surface area contributed by atoms with Gasteiger partial charge in [-0.25, -0.2) is 4.78 Å². The van der Waals surface area contributed by atoms with E-state index in [2.05, 4.69) is 23.8 Å². The van der Waals surface area contributed by atoms with Crippen molar-refractivity contribution < 1.29 is 13.2 Å². The van der Waals surface area contributed by atoms with Crippen LogP contribution in [0, 0.1) is 5.41 Å². The van der Waals surface area contributed by atoms with Crippen molar-refractivity contribution in [3.8, 4) is 0 Å². The molecule has 3 aliphatic rings. The number of nitrogens with one attached hydrogen (secondary N) is 1. The fraction of sp³-hybridized carbons (Fsp3) is 0.423. The van der Waals surface area contributed by atoms with Crippen molar-refractivity contribution >= 4 is 46.8 Å². The van der Waals surface area contributed by atoms with Crippen LogP contribution in [0.4, 0.5) is 24.5 Å². The van der Waals surface area contributed by atoms with Crippen molar-refractivity contribution in [1.29, 1.82) is 0 Å². The summed E-state index contributed by atoms with van der Waals surface area (Å²) in [5.74, 6) is 0. The Hall–Kier alpha value is -2.02. The van der Waals surface area contributed by atoms with Gasteiger partial charge in [-0.2, -0.15) is 18.3 Å². The third kappa shape index (κ3) is 4.80. The van der Waals surface area contributed by atoms with E-state index < -0.39 is 18.1 Å². The van der Waals surface area contributed by atoms with Crippen molar-refractivity contribution in [3.63, 3.8) is 0 Å². The standard InChI is InChI=1S/C26H29ClF3N4PS/c1-25(2)16-22-24(23(17-25)33-13-7-4-8-14-33)35(36,34(31-22)19-9-5-3-6-10-19)32-21-15-18(26(28,29)30)11-12-20(21)27/h3,5-6,9-12,15H,4,7-8,13-14,16-17H2,1-2H3,(H,32,36). The molecule has 2 aromatic carbocycles. The normalized spacial score (nSPS) is 24.0. The molecule has 36 heavy (non-hydrogen) atoms. The SMILES string of the molecule is CC1(C)CC2=NN(c3ccccc3)P(=S)(Nc3cc(C(F)(F)F)ccc3Cl)C2=C(N2CCCCC2)C1. The van der Waals surface area contributed by atoms with Crippen LogP contribution in [0.25, 0.3) is 0 Å². The van der Waals surface area contributed by atoms with E-state index in [1.165, 1.54) is 18.2 Å². The lowest BCUT2D eigenvalue weighted by atomic mass is 9.78. The average molecular weight is 553 g/mol. The van der Waals surface area contributed by atoms with Crippen LogP contribution in [0.15, 0.2) is 64.6 Å². The number of rotatable bonds is 4. The summed E-state index contributed by atoms with van der Waals surface area (Å²) < 4.78 is 42.6. The Labute approximate surface area is 220 Å². The summed E-state index contributed by atoms with van der Waals surface area (Å²) in [7, 11) is 0. The van der Waals surface area contributed by atoms with Crippen LogP contribution in [0.2, 0.25) is 5.02 Å². The van der Waals surface area contributed by atoms with Gasteiger partial charge in [-0.05, 0) is 79.7 Å². The molecular weight excluding hydrogens is 524 g/mol. The van der Waals surface area contributed by atoms with Crippen LogP contribution in [-0.2, 0) is 18.0 Å². The van der Waals surface area contributed by atoms with Gasteiger partial charge in [0.2, 0.25) is 0 Å². The Kier molecular flexibility index (Phi) is 6.67. The number of piperidine rings is 1. The van der Waals surface area contributed by atoms with Gasteiger partial charge in [-0.1, -0.05) is 43.6 Å². The fourth-order valence-corrected chi connectivity index (χ4v) is 9.46. The lowest BCUT2D eigenvalue weighted by Gasteiger charge is -2.42. The second-order valence-electron chi connectivity index (χ2n) is 10.4. The van der Waals surface area contributed by atoms with Gasteiger partial charge >= 0.3 is 6.18 Å². The molecular formula is C26H29ClF3N4PS. The van der Waals surface area contributed by atoms with E-state index in [1.807, 2.05) is 35.1 Å². The first-order valence-electron chi connectivity index (χ1n) is 12.2.